The molecule has 180 valence electrons. The topological polar surface area (TPSA) is 110 Å². The van der Waals surface area contributed by atoms with Crippen molar-refractivity contribution in [2.24, 2.45) is 0 Å². The SMILES string of the molecule is C=C(c1cncnc1)c1nc(OCc2cc(OC)cc3oc(-c4cn5nc(OC)sc5n4)cc23)cs1. The number of aromatic nitrogens is 6. The second-order valence-electron chi connectivity index (χ2n) is 7.62. The fourth-order valence-corrected chi connectivity index (χ4v) is 5.06. The van der Waals surface area contributed by atoms with Crippen LogP contribution >= 0.6 is 22.7 Å². The Bertz CT molecular complexity index is 1670. The Morgan fingerprint density at radius 1 is 1.11 bits per heavy atom. The number of furan rings is 1. The number of methoxy groups -OCH3 is 2. The van der Waals surface area contributed by atoms with E-state index in [9.17, 15) is 0 Å². The van der Waals surface area contributed by atoms with Crippen molar-refractivity contribution in [1.29, 1.82) is 0 Å². The van der Waals surface area contributed by atoms with E-state index in [0.29, 0.717) is 38.8 Å². The van der Waals surface area contributed by atoms with Gasteiger partial charge in [-0.3, -0.25) is 0 Å². The molecule has 0 fully saturated rings. The van der Waals surface area contributed by atoms with Crippen LogP contribution in [0.25, 0.3) is 33.0 Å². The van der Waals surface area contributed by atoms with Gasteiger partial charge in [-0.25, -0.2) is 24.5 Å². The molecule has 5 heterocycles. The highest BCUT2D eigenvalue weighted by molar-refractivity contribution is 7.18. The number of hydrogen-bond donors (Lipinski definition) is 0. The van der Waals surface area contributed by atoms with Crippen LogP contribution in [0.1, 0.15) is 16.1 Å². The molecular weight excluding hydrogens is 500 g/mol. The Labute approximate surface area is 212 Å². The largest absolute Gasteiger partial charge is 0.497 e. The Morgan fingerprint density at radius 2 is 1.97 bits per heavy atom. The van der Waals surface area contributed by atoms with Crippen LogP contribution in [0.3, 0.4) is 0 Å². The number of rotatable bonds is 8. The first kappa shape index (κ1) is 22.2. The maximum absolute atomic E-state index is 6.13. The maximum Gasteiger partial charge on any atom is 0.294 e. The molecule has 1 aromatic carbocycles. The van der Waals surface area contributed by atoms with Crippen molar-refractivity contribution in [1.82, 2.24) is 29.5 Å². The second-order valence-corrected chi connectivity index (χ2v) is 9.40. The van der Waals surface area contributed by atoms with Crippen molar-refractivity contribution < 1.29 is 18.6 Å². The van der Waals surface area contributed by atoms with Gasteiger partial charge in [0.25, 0.3) is 5.19 Å². The fourth-order valence-electron chi connectivity index (χ4n) is 3.62. The standard InChI is InChI=1S/C24H18N6O4S2/c1-13(15-7-25-12-26-8-15)22-28-21(11-35-22)33-10-14-4-16(31-2)5-19-17(14)6-20(34-19)18-9-30-23(27-18)36-24(29-30)32-3/h4-9,11-12H,1,10H2,2-3H3. The molecule has 6 rings (SSSR count). The smallest absolute Gasteiger partial charge is 0.294 e. The van der Waals surface area contributed by atoms with E-state index in [2.05, 4.69) is 31.6 Å². The Hall–Kier alpha value is -4.29. The number of hydrogen-bond acceptors (Lipinski definition) is 11. The molecule has 0 spiro atoms. The van der Waals surface area contributed by atoms with E-state index < -0.39 is 0 Å². The molecule has 0 unspecified atom stereocenters. The summed E-state index contributed by atoms with van der Waals surface area (Å²) in [4.78, 5) is 18.0. The molecule has 0 aliphatic carbocycles. The van der Waals surface area contributed by atoms with Crippen molar-refractivity contribution in [3.05, 3.63) is 71.2 Å². The summed E-state index contributed by atoms with van der Waals surface area (Å²) >= 11 is 2.80. The van der Waals surface area contributed by atoms with Crippen LogP contribution in [0.4, 0.5) is 0 Å². The van der Waals surface area contributed by atoms with Gasteiger partial charge in [0, 0.05) is 40.5 Å². The van der Waals surface area contributed by atoms with Gasteiger partial charge in [-0.05, 0) is 23.5 Å². The van der Waals surface area contributed by atoms with Gasteiger partial charge in [-0.15, -0.1) is 16.4 Å². The monoisotopic (exact) mass is 518 g/mol. The predicted octanol–water partition coefficient (Wildman–Crippen LogP) is 5.11. The minimum Gasteiger partial charge on any atom is -0.497 e. The maximum atomic E-state index is 6.13. The number of benzene rings is 1. The molecular formula is C24H18N6O4S2. The highest BCUT2D eigenvalue weighted by Crippen LogP contribution is 2.35. The third kappa shape index (κ3) is 4.06. The number of thiazole rings is 1. The zero-order valence-corrected chi connectivity index (χ0v) is 20.8. The molecule has 12 heteroatoms. The molecule has 36 heavy (non-hydrogen) atoms. The summed E-state index contributed by atoms with van der Waals surface area (Å²) < 4.78 is 24.5. The normalized spacial score (nSPS) is 11.3. The molecule has 5 aromatic heterocycles. The number of nitrogens with zero attached hydrogens (tertiary/aromatic N) is 6. The summed E-state index contributed by atoms with van der Waals surface area (Å²) in [6, 6.07) is 5.71. The van der Waals surface area contributed by atoms with E-state index in [4.69, 9.17) is 18.6 Å². The van der Waals surface area contributed by atoms with E-state index in [1.807, 2.05) is 23.6 Å². The average molecular weight is 519 g/mol. The molecule has 6 aromatic rings. The van der Waals surface area contributed by atoms with Gasteiger partial charge < -0.3 is 18.6 Å². The molecule has 0 atom stereocenters. The van der Waals surface area contributed by atoms with Crippen molar-refractivity contribution >= 4 is 44.2 Å². The van der Waals surface area contributed by atoms with Gasteiger partial charge in [0.2, 0.25) is 10.8 Å². The van der Waals surface area contributed by atoms with Gasteiger partial charge >= 0.3 is 0 Å². The lowest BCUT2D eigenvalue weighted by Gasteiger charge is -2.07. The Kier molecular flexibility index (Phi) is 5.58. The first-order valence-corrected chi connectivity index (χ1v) is 12.3. The van der Waals surface area contributed by atoms with Gasteiger partial charge in [0.15, 0.2) is 5.76 Å². The molecule has 0 amide bonds. The summed E-state index contributed by atoms with van der Waals surface area (Å²) in [6.07, 6.45) is 6.70. The van der Waals surface area contributed by atoms with Gasteiger partial charge in [0.05, 0.1) is 25.8 Å². The lowest BCUT2D eigenvalue weighted by Crippen LogP contribution is -1.97. The summed E-state index contributed by atoms with van der Waals surface area (Å²) in [5.74, 6) is 1.78. The number of ether oxygens (including phenoxy) is 3. The van der Waals surface area contributed by atoms with E-state index in [1.165, 1.54) is 29.0 Å². The van der Waals surface area contributed by atoms with Crippen LogP contribution in [-0.2, 0) is 6.61 Å². The van der Waals surface area contributed by atoms with Crippen LogP contribution in [0, 0.1) is 0 Å². The predicted molar refractivity (Wildman–Crippen MR) is 136 cm³/mol. The van der Waals surface area contributed by atoms with Crippen LogP contribution in [-0.4, -0.2) is 43.8 Å². The zero-order valence-electron chi connectivity index (χ0n) is 19.2. The molecule has 10 nitrogen and oxygen atoms in total. The first-order chi connectivity index (χ1) is 17.6. The van der Waals surface area contributed by atoms with Gasteiger partial charge in [-0.2, -0.15) is 0 Å². The molecule has 0 bridgehead atoms. The second kappa shape index (κ2) is 9.06. The van der Waals surface area contributed by atoms with Gasteiger partial charge in [0.1, 0.15) is 35.0 Å². The number of imidazole rings is 1. The Balaban J connectivity index is 1.27. The highest BCUT2D eigenvalue weighted by atomic mass is 32.1. The van der Waals surface area contributed by atoms with Crippen molar-refractivity contribution in [3.8, 4) is 28.3 Å². The van der Waals surface area contributed by atoms with Crippen molar-refractivity contribution in [2.45, 2.75) is 6.61 Å². The molecule has 0 N–H and O–H groups in total. The van der Waals surface area contributed by atoms with Gasteiger partial charge in [-0.1, -0.05) is 6.58 Å². The van der Waals surface area contributed by atoms with Crippen LogP contribution < -0.4 is 14.2 Å². The summed E-state index contributed by atoms with van der Waals surface area (Å²) in [7, 11) is 3.19. The highest BCUT2D eigenvalue weighted by Gasteiger charge is 2.17. The summed E-state index contributed by atoms with van der Waals surface area (Å²) in [5.41, 5.74) is 3.79. The van der Waals surface area contributed by atoms with Crippen LogP contribution in [0.15, 0.2) is 59.5 Å². The van der Waals surface area contributed by atoms with E-state index in [0.717, 1.165) is 27.1 Å². The Morgan fingerprint density at radius 3 is 2.75 bits per heavy atom. The molecule has 0 aliphatic heterocycles. The molecule has 0 saturated carbocycles. The van der Waals surface area contributed by atoms with E-state index in [-0.39, 0.29) is 6.61 Å². The van der Waals surface area contributed by atoms with Crippen molar-refractivity contribution in [2.75, 3.05) is 14.2 Å². The summed E-state index contributed by atoms with van der Waals surface area (Å²) in [5, 5.41) is 8.36. The minimum atomic E-state index is 0.272. The van der Waals surface area contributed by atoms with Crippen LogP contribution in [0.2, 0.25) is 0 Å². The average Bonchev–Trinajstić information content (AvgIpc) is 3.69. The molecule has 0 saturated heterocycles. The van der Waals surface area contributed by atoms with E-state index in [1.54, 1.807) is 37.3 Å². The zero-order chi connectivity index (χ0) is 24.6. The third-order valence-corrected chi connectivity index (χ3v) is 7.17. The van der Waals surface area contributed by atoms with Crippen molar-refractivity contribution in [3.63, 3.8) is 0 Å². The summed E-state index contributed by atoms with van der Waals surface area (Å²) in [6.45, 7) is 4.38. The molecule has 0 aliphatic rings. The lowest BCUT2D eigenvalue weighted by molar-refractivity contribution is 0.296. The quantitative estimate of drug-likeness (QED) is 0.271. The fraction of sp³-hybridized carbons (Fsp3) is 0.125. The van der Waals surface area contributed by atoms with Crippen LogP contribution in [0.5, 0.6) is 16.8 Å². The minimum absolute atomic E-state index is 0.272. The number of fused-ring (bicyclic) bond motifs is 2. The molecule has 0 radical (unpaired) electrons. The first-order valence-electron chi connectivity index (χ1n) is 10.7. The van der Waals surface area contributed by atoms with E-state index >= 15 is 0 Å². The lowest BCUT2D eigenvalue weighted by atomic mass is 10.1. The third-order valence-electron chi connectivity index (χ3n) is 5.41.